The molecule has 180 valence electrons. The molecule has 0 aliphatic carbocycles. The summed E-state index contributed by atoms with van der Waals surface area (Å²) in [6, 6.07) is 8.62. The number of imidazole rings is 1. The predicted octanol–water partition coefficient (Wildman–Crippen LogP) is 4.46. The van der Waals surface area contributed by atoms with Gasteiger partial charge in [-0.2, -0.15) is 8.78 Å². The van der Waals surface area contributed by atoms with E-state index in [-0.39, 0.29) is 48.1 Å². The lowest BCUT2D eigenvalue weighted by Crippen LogP contribution is -2.43. The second-order valence-electron chi connectivity index (χ2n) is 8.57. The minimum atomic E-state index is -3.04. The number of fused-ring (bicyclic) bond motifs is 3. The van der Waals surface area contributed by atoms with Crippen LogP contribution in [0.4, 0.5) is 17.6 Å². The van der Waals surface area contributed by atoms with Crippen molar-refractivity contribution in [3.63, 3.8) is 0 Å². The fourth-order valence-corrected chi connectivity index (χ4v) is 4.70. The zero-order valence-electron chi connectivity index (χ0n) is 18.0. The van der Waals surface area contributed by atoms with E-state index in [0.717, 1.165) is 0 Å². The second kappa shape index (κ2) is 7.99. The third-order valence-electron chi connectivity index (χ3n) is 6.39. The molecule has 0 amide bonds. The van der Waals surface area contributed by atoms with Gasteiger partial charge in [0.1, 0.15) is 23.2 Å². The summed E-state index contributed by atoms with van der Waals surface area (Å²) in [5.41, 5.74) is -0.498. The maximum Gasteiger partial charge on any atom is 0.387 e. The molecule has 0 spiro atoms. The lowest BCUT2D eigenvalue weighted by atomic mass is 10.0. The van der Waals surface area contributed by atoms with Crippen molar-refractivity contribution in [2.75, 3.05) is 13.2 Å². The van der Waals surface area contributed by atoms with Gasteiger partial charge in [-0.3, -0.25) is 0 Å². The molecule has 2 aromatic carbocycles. The van der Waals surface area contributed by atoms with Gasteiger partial charge in [-0.1, -0.05) is 18.2 Å². The fraction of sp³-hybridized carbons (Fsp3) is 0.292. The van der Waals surface area contributed by atoms with Gasteiger partial charge in [0.25, 0.3) is 0 Å². The summed E-state index contributed by atoms with van der Waals surface area (Å²) in [6.45, 7) is -3.30. The van der Waals surface area contributed by atoms with Crippen LogP contribution >= 0.6 is 0 Å². The van der Waals surface area contributed by atoms with E-state index >= 15 is 4.39 Å². The lowest BCUT2D eigenvalue weighted by molar-refractivity contribution is -0.140. The molecule has 1 unspecified atom stereocenters. The molecule has 2 aliphatic heterocycles. The van der Waals surface area contributed by atoms with Crippen LogP contribution in [0.3, 0.4) is 0 Å². The van der Waals surface area contributed by atoms with Gasteiger partial charge in [-0.15, -0.1) is 0 Å². The molecule has 2 atom stereocenters. The van der Waals surface area contributed by atoms with Crippen molar-refractivity contribution in [2.24, 2.45) is 0 Å². The van der Waals surface area contributed by atoms with E-state index in [0.29, 0.717) is 16.6 Å². The zero-order chi connectivity index (χ0) is 24.3. The van der Waals surface area contributed by atoms with Gasteiger partial charge >= 0.3 is 6.61 Å². The molecular formula is C24H18F4N4O3. The molecule has 0 saturated carbocycles. The van der Waals surface area contributed by atoms with Crippen molar-refractivity contribution >= 4 is 11.0 Å². The monoisotopic (exact) mass is 486 g/mol. The number of para-hydroxylation sites is 1. The summed E-state index contributed by atoms with van der Waals surface area (Å²) < 4.78 is 67.5. The second-order valence-corrected chi connectivity index (χ2v) is 8.57. The minimum absolute atomic E-state index is 0.0296. The van der Waals surface area contributed by atoms with Crippen LogP contribution in [0, 0.1) is 5.82 Å². The largest absolute Gasteiger partial charge is 0.434 e. The number of halogens is 4. The molecule has 0 bridgehead atoms. The summed E-state index contributed by atoms with van der Waals surface area (Å²) in [7, 11) is 0. The molecule has 4 heterocycles. The van der Waals surface area contributed by atoms with E-state index in [1.807, 2.05) is 0 Å². The van der Waals surface area contributed by atoms with Gasteiger partial charge in [0.05, 0.1) is 24.8 Å². The van der Waals surface area contributed by atoms with Gasteiger partial charge in [-0.05, 0) is 18.2 Å². The van der Waals surface area contributed by atoms with Crippen molar-refractivity contribution in [3.8, 4) is 16.9 Å². The number of aliphatic hydroxyl groups is 1. The van der Waals surface area contributed by atoms with Crippen molar-refractivity contribution < 1.29 is 32.1 Å². The summed E-state index contributed by atoms with van der Waals surface area (Å²) in [5, 5.41) is 10.6. The maximum atomic E-state index is 15.9. The van der Waals surface area contributed by atoms with E-state index in [2.05, 4.69) is 19.7 Å². The average Bonchev–Trinajstić information content (AvgIpc) is 3.36. The Kier molecular flexibility index (Phi) is 5.01. The first-order valence-corrected chi connectivity index (χ1v) is 10.9. The Balaban J connectivity index is 1.46. The number of hydrogen-bond acceptors (Lipinski definition) is 6. The summed E-state index contributed by atoms with van der Waals surface area (Å²) in [5.74, 6) is -0.511. The number of alkyl halides is 3. The molecule has 6 rings (SSSR count). The van der Waals surface area contributed by atoms with Crippen LogP contribution in [-0.2, 0) is 10.4 Å². The van der Waals surface area contributed by atoms with Gasteiger partial charge in [0.2, 0.25) is 5.67 Å². The van der Waals surface area contributed by atoms with Crippen LogP contribution in [0.1, 0.15) is 35.8 Å². The SMILES string of the molecule is OC1C[C@H](c2ccccc2OC(F)F)n2c1nc1ccc(-c3cnc(C4(F)COC4)nc3)c(F)c12. The Labute approximate surface area is 196 Å². The number of aromatic nitrogens is 4. The number of ether oxygens (including phenoxy) is 2. The lowest BCUT2D eigenvalue weighted by Gasteiger charge is -2.31. The Morgan fingerprint density at radius 1 is 1.11 bits per heavy atom. The molecule has 2 aliphatic rings. The molecule has 4 aromatic rings. The highest BCUT2D eigenvalue weighted by molar-refractivity contribution is 5.84. The molecule has 1 N–H and O–H groups in total. The number of benzene rings is 2. The minimum Gasteiger partial charge on any atom is -0.434 e. The number of rotatable bonds is 5. The average molecular weight is 486 g/mol. The Hall–Kier alpha value is -3.57. The Morgan fingerprint density at radius 2 is 1.86 bits per heavy atom. The highest BCUT2D eigenvalue weighted by Gasteiger charge is 2.43. The van der Waals surface area contributed by atoms with E-state index in [4.69, 9.17) is 4.74 Å². The van der Waals surface area contributed by atoms with Crippen molar-refractivity contribution in [1.29, 1.82) is 0 Å². The first-order valence-electron chi connectivity index (χ1n) is 10.9. The molecule has 7 nitrogen and oxygen atoms in total. The van der Waals surface area contributed by atoms with Crippen molar-refractivity contribution in [3.05, 3.63) is 71.8 Å². The van der Waals surface area contributed by atoms with E-state index < -0.39 is 30.2 Å². The van der Waals surface area contributed by atoms with E-state index in [1.165, 1.54) is 29.1 Å². The van der Waals surface area contributed by atoms with Crippen LogP contribution in [0.2, 0.25) is 0 Å². The molecule has 1 saturated heterocycles. The third kappa shape index (κ3) is 3.45. The zero-order valence-corrected chi connectivity index (χ0v) is 18.0. The summed E-state index contributed by atoms with van der Waals surface area (Å²) >= 11 is 0. The normalized spacial score (nSPS) is 20.7. The third-order valence-corrected chi connectivity index (χ3v) is 6.39. The van der Waals surface area contributed by atoms with E-state index in [9.17, 15) is 18.3 Å². The van der Waals surface area contributed by atoms with Gasteiger partial charge in [0, 0.05) is 35.5 Å². The van der Waals surface area contributed by atoms with Crippen molar-refractivity contribution in [2.45, 2.75) is 30.8 Å². The van der Waals surface area contributed by atoms with Crippen LogP contribution in [0.15, 0.2) is 48.8 Å². The van der Waals surface area contributed by atoms with Crippen LogP contribution in [0.5, 0.6) is 5.75 Å². The summed E-state index contributed by atoms with van der Waals surface area (Å²) in [4.78, 5) is 12.5. The summed E-state index contributed by atoms with van der Waals surface area (Å²) in [6.07, 6.45) is 1.77. The fourth-order valence-electron chi connectivity index (χ4n) is 4.70. The predicted molar refractivity (Wildman–Crippen MR) is 115 cm³/mol. The molecule has 1 fully saturated rings. The standard InChI is InChI=1S/C24H18F4N4O3/c25-19-13(12-8-29-22(30-9-12)24(28)10-34-11-24)5-6-15-20(19)32-16(7-17(33)21(32)31-15)14-3-1-2-4-18(14)35-23(26)27/h1-6,8-9,16-17,23,33H,7,10-11H2/t16-,17?/m1/s1. The smallest absolute Gasteiger partial charge is 0.387 e. The number of nitrogens with zero attached hydrogens (tertiary/aromatic N) is 4. The topological polar surface area (TPSA) is 82.3 Å². The number of hydrogen-bond donors (Lipinski definition) is 1. The Bertz CT molecular complexity index is 1420. The molecular weight excluding hydrogens is 468 g/mol. The highest BCUT2D eigenvalue weighted by atomic mass is 19.3. The molecule has 2 aromatic heterocycles. The van der Waals surface area contributed by atoms with Crippen LogP contribution in [0.25, 0.3) is 22.2 Å². The first-order chi connectivity index (χ1) is 16.9. The van der Waals surface area contributed by atoms with Crippen LogP contribution < -0.4 is 4.74 Å². The van der Waals surface area contributed by atoms with Crippen molar-refractivity contribution in [1.82, 2.24) is 19.5 Å². The first kappa shape index (κ1) is 21.9. The van der Waals surface area contributed by atoms with E-state index in [1.54, 1.807) is 24.3 Å². The van der Waals surface area contributed by atoms with Gasteiger partial charge < -0.3 is 19.1 Å². The molecule has 11 heteroatoms. The van der Waals surface area contributed by atoms with Gasteiger partial charge in [-0.25, -0.2) is 23.7 Å². The quantitative estimate of drug-likeness (QED) is 0.420. The Morgan fingerprint density at radius 3 is 2.54 bits per heavy atom. The number of aliphatic hydroxyl groups excluding tert-OH is 1. The van der Waals surface area contributed by atoms with Gasteiger partial charge in [0.15, 0.2) is 11.6 Å². The highest BCUT2D eigenvalue weighted by Crippen LogP contribution is 2.45. The molecule has 0 radical (unpaired) electrons. The van der Waals surface area contributed by atoms with Crippen LogP contribution in [-0.4, -0.2) is 44.5 Å². The maximum absolute atomic E-state index is 15.9. The molecule has 35 heavy (non-hydrogen) atoms.